The molecule has 0 aromatic carbocycles. The molecule has 14 heavy (non-hydrogen) atoms. The van der Waals surface area contributed by atoms with E-state index in [0.29, 0.717) is 6.04 Å². The fourth-order valence-electron chi connectivity index (χ4n) is 1.72. The third kappa shape index (κ3) is 1.16. The SMILES string of the molecule is Cc1ncc2c(NC3CC3)cccn12. The number of hydrogen-bond donors (Lipinski definition) is 1. The summed E-state index contributed by atoms with van der Waals surface area (Å²) in [6, 6.07) is 4.87. The van der Waals surface area contributed by atoms with Gasteiger partial charge >= 0.3 is 0 Å². The van der Waals surface area contributed by atoms with Crippen molar-refractivity contribution >= 4 is 11.2 Å². The number of fused-ring (bicyclic) bond motifs is 1. The maximum Gasteiger partial charge on any atom is 0.110 e. The normalized spacial score (nSPS) is 16.1. The highest BCUT2D eigenvalue weighted by Gasteiger charge is 2.21. The molecule has 1 aliphatic rings. The lowest BCUT2D eigenvalue weighted by atomic mass is 10.3. The number of imidazole rings is 1. The number of aryl methyl sites for hydroxylation is 1. The molecule has 0 amide bonds. The minimum atomic E-state index is 0.691. The van der Waals surface area contributed by atoms with Gasteiger partial charge in [-0.2, -0.15) is 0 Å². The van der Waals surface area contributed by atoms with Gasteiger partial charge in [-0.15, -0.1) is 0 Å². The fourth-order valence-corrected chi connectivity index (χ4v) is 1.72. The summed E-state index contributed by atoms with van der Waals surface area (Å²) >= 11 is 0. The third-order valence-electron chi connectivity index (χ3n) is 2.69. The smallest absolute Gasteiger partial charge is 0.110 e. The first-order chi connectivity index (χ1) is 6.84. The Hall–Kier alpha value is -1.51. The molecule has 3 rings (SSSR count). The van der Waals surface area contributed by atoms with E-state index in [9.17, 15) is 0 Å². The van der Waals surface area contributed by atoms with E-state index in [-0.39, 0.29) is 0 Å². The lowest BCUT2D eigenvalue weighted by Crippen LogP contribution is -2.02. The van der Waals surface area contributed by atoms with Gasteiger partial charge in [-0.25, -0.2) is 4.98 Å². The van der Waals surface area contributed by atoms with E-state index < -0.39 is 0 Å². The second kappa shape index (κ2) is 2.74. The summed E-state index contributed by atoms with van der Waals surface area (Å²) in [5, 5.41) is 3.51. The van der Waals surface area contributed by atoms with Gasteiger partial charge in [0.2, 0.25) is 0 Å². The first-order valence-corrected chi connectivity index (χ1v) is 5.04. The number of anilines is 1. The number of rotatable bonds is 2. The monoisotopic (exact) mass is 187 g/mol. The van der Waals surface area contributed by atoms with Crippen LogP contribution in [0, 0.1) is 6.92 Å². The molecule has 2 heterocycles. The van der Waals surface area contributed by atoms with Crippen molar-refractivity contribution in [1.82, 2.24) is 9.38 Å². The van der Waals surface area contributed by atoms with E-state index in [1.54, 1.807) is 0 Å². The van der Waals surface area contributed by atoms with Crippen LogP contribution < -0.4 is 5.32 Å². The number of hydrogen-bond acceptors (Lipinski definition) is 2. The zero-order valence-corrected chi connectivity index (χ0v) is 8.20. The Morgan fingerprint density at radius 2 is 2.36 bits per heavy atom. The molecule has 3 nitrogen and oxygen atoms in total. The molecular formula is C11H13N3. The van der Waals surface area contributed by atoms with E-state index in [0.717, 1.165) is 5.82 Å². The van der Waals surface area contributed by atoms with Gasteiger partial charge in [0.25, 0.3) is 0 Å². The summed E-state index contributed by atoms with van der Waals surface area (Å²) in [5.74, 6) is 1.04. The average molecular weight is 187 g/mol. The van der Waals surface area contributed by atoms with Crippen LogP contribution in [-0.2, 0) is 0 Å². The highest BCUT2D eigenvalue weighted by molar-refractivity contribution is 5.72. The number of nitrogens with zero attached hydrogens (tertiary/aromatic N) is 2. The second-order valence-electron chi connectivity index (χ2n) is 3.90. The van der Waals surface area contributed by atoms with Crippen LogP contribution in [0.1, 0.15) is 18.7 Å². The molecule has 2 aromatic heterocycles. The highest BCUT2D eigenvalue weighted by Crippen LogP contribution is 2.27. The Kier molecular flexibility index (Phi) is 1.54. The van der Waals surface area contributed by atoms with Crippen LogP contribution in [0.2, 0.25) is 0 Å². The van der Waals surface area contributed by atoms with Gasteiger partial charge in [-0.05, 0) is 31.9 Å². The van der Waals surface area contributed by atoms with Gasteiger partial charge in [0.1, 0.15) is 5.82 Å². The Bertz CT molecular complexity index is 468. The van der Waals surface area contributed by atoms with Crippen molar-refractivity contribution in [3.05, 3.63) is 30.4 Å². The fraction of sp³-hybridized carbons (Fsp3) is 0.364. The summed E-state index contributed by atoms with van der Waals surface area (Å²) in [5.41, 5.74) is 2.38. The minimum absolute atomic E-state index is 0.691. The first kappa shape index (κ1) is 7.85. The summed E-state index contributed by atoms with van der Waals surface area (Å²) in [4.78, 5) is 4.31. The van der Waals surface area contributed by atoms with Crippen molar-refractivity contribution in [2.75, 3.05) is 5.32 Å². The molecule has 3 heteroatoms. The van der Waals surface area contributed by atoms with Crippen molar-refractivity contribution in [3.8, 4) is 0 Å². The predicted molar refractivity (Wildman–Crippen MR) is 56.6 cm³/mol. The molecule has 1 saturated carbocycles. The standard InChI is InChI=1S/C11H13N3/c1-8-12-7-11-10(13-9-4-5-9)3-2-6-14(8)11/h2-3,6-7,9,13H,4-5H2,1H3. The molecule has 0 saturated heterocycles. The molecule has 1 N–H and O–H groups in total. The zero-order chi connectivity index (χ0) is 9.54. The van der Waals surface area contributed by atoms with Crippen LogP contribution in [0.25, 0.3) is 5.52 Å². The van der Waals surface area contributed by atoms with Crippen LogP contribution in [0.4, 0.5) is 5.69 Å². The number of aromatic nitrogens is 2. The van der Waals surface area contributed by atoms with E-state index in [4.69, 9.17) is 0 Å². The maximum absolute atomic E-state index is 4.31. The minimum Gasteiger partial charge on any atom is -0.381 e. The topological polar surface area (TPSA) is 29.3 Å². The van der Waals surface area contributed by atoms with E-state index in [1.807, 2.05) is 13.1 Å². The van der Waals surface area contributed by atoms with Gasteiger partial charge in [0.05, 0.1) is 17.4 Å². The molecule has 0 radical (unpaired) electrons. The average Bonchev–Trinajstić information content (AvgIpc) is 2.92. The molecule has 0 unspecified atom stereocenters. The van der Waals surface area contributed by atoms with Gasteiger partial charge < -0.3 is 9.72 Å². The van der Waals surface area contributed by atoms with E-state index in [2.05, 4.69) is 33.0 Å². The first-order valence-electron chi connectivity index (χ1n) is 5.04. The van der Waals surface area contributed by atoms with Crippen LogP contribution >= 0.6 is 0 Å². The van der Waals surface area contributed by atoms with Gasteiger partial charge in [-0.3, -0.25) is 0 Å². The van der Waals surface area contributed by atoms with Crippen molar-refractivity contribution in [2.24, 2.45) is 0 Å². The van der Waals surface area contributed by atoms with Crippen LogP contribution in [0.3, 0.4) is 0 Å². The molecule has 0 spiro atoms. The molecule has 1 fully saturated rings. The third-order valence-corrected chi connectivity index (χ3v) is 2.69. The Morgan fingerprint density at radius 3 is 3.14 bits per heavy atom. The van der Waals surface area contributed by atoms with Gasteiger partial charge in [0.15, 0.2) is 0 Å². The van der Waals surface area contributed by atoms with Gasteiger partial charge in [-0.1, -0.05) is 0 Å². The van der Waals surface area contributed by atoms with Crippen molar-refractivity contribution in [1.29, 1.82) is 0 Å². The zero-order valence-electron chi connectivity index (χ0n) is 8.20. The molecule has 0 aliphatic heterocycles. The maximum atomic E-state index is 4.31. The van der Waals surface area contributed by atoms with Crippen LogP contribution in [0.5, 0.6) is 0 Å². The highest BCUT2D eigenvalue weighted by atomic mass is 15.0. The van der Waals surface area contributed by atoms with Crippen LogP contribution in [-0.4, -0.2) is 15.4 Å². The van der Waals surface area contributed by atoms with Crippen molar-refractivity contribution < 1.29 is 0 Å². The Balaban J connectivity index is 2.12. The number of nitrogens with one attached hydrogen (secondary N) is 1. The number of pyridine rings is 1. The summed E-state index contributed by atoms with van der Waals surface area (Å²) in [6.07, 6.45) is 6.58. The van der Waals surface area contributed by atoms with Gasteiger partial charge in [0, 0.05) is 12.2 Å². The summed E-state index contributed by atoms with van der Waals surface area (Å²) in [7, 11) is 0. The summed E-state index contributed by atoms with van der Waals surface area (Å²) in [6.45, 7) is 2.02. The second-order valence-corrected chi connectivity index (χ2v) is 3.90. The Labute approximate surface area is 82.8 Å². The predicted octanol–water partition coefficient (Wildman–Crippen LogP) is 2.22. The van der Waals surface area contributed by atoms with Crippen molar-refractivity contribution in [2.45, 2.75) is 25.8 Å². The quantitative estimate of drug-likeness (QED) is 0.781. The molecule has 0 atom stereocenters. The molecule has 0 bridgehead atoms. The summed E-state index contributed by atoms with van der Waals surface area (Å²) < 4.78 is 2.12. The molecule has 1 aliphatic carbocycles. The largest absolute Gasteiger partial charge is 0.381 e. The van der Waals surface area contributed by atoms with Crippen molar-refractivity contribution in [3.63, 3.8) is 0 Å². The molecule has 2 aromatic rings. The lowest BCUT2D eigenvalue weighted by Gasteiger charge is -2.06. The lowest BCUT2D eigenvalue weighted by molar-refractivity contribution is 1.04. The van der Waals surface area contributed by atoms with Crippen LogP contribution in [0.15, 0.2) is 24.5 Å². The van der Waals surface area contributed by atoms with E-state index >= 15 is 0 Å². The Morgan fingerprint density at radius 1 is 1.50 bits per heavy atom. The molecular weight excluding hydrogens is 174 g/mol. The molecule has 72 valence electrons. The van der Waals surface area contributed by atoms with E-state index in [1.165, 1.54) is 24.0 Å².